The fraction of sp³-hybridized carbons (Fsp3) is 0.444. The lowest BCUT2D eigenvalue weighted by atomic mass is 10.4. The van der Waals surface area contributed by atoms with Gasteiger partial charge in [0.15, 0.2) is 5.65 Å². The van der Waals surface area contributed by atoms with Crippen molar-refractivity contribution in [1.82, 2.24) is 19.6 Å². The number of H-pyrrole nitrogens is 1. The van der Waals surface area contributed by atoms with Gasteiger partial charge in [-0.15, -0.1) is 0 Å². The normalized spacial score (nSPS) is 24.3. The minimum absolute atomic E-state index is 0.260. The molecule has 1 aliphatic rings. The first-order chi connectivity index (χ1) is 7.24. The van der Waals surface area contributed by atoms with Gasteiger partial charge < -0.3 is 5.32 Å². The standard InChI is InChI=1S/C9H11N5O/c1-5-2-6(5)11-7-3-8-12-13-9(15)14(8)4-10-7/h3-6,11H,2H2,1H3,(H,13,15). The molecule has 2 atom stereocenters. The third kappa shape index (κ3) is 1.38. The van der Waals surface area contributed by atoms with E-state index in [2.05, 4.69) is 27.4 Å². The number of fused-ring (bicyclic) bond motifs is 1. The van der Waals surface area contributed by atoms with Crippen molar-refractivity contribution in [2.75, 3.05) is 5.32 Å². The summed E-state index contributed by atoms with van der Waals surface area (Å²) in [5, 5.41) is 9.53. The predicted molar refractivity (Wildman–Crippen MR) is 54.8 cm³/mol. The fourth-order valence-electron chi connectivity index (χ4n) is 1.60. The number of aromatic nitrogens is 4. The molecule has 0 bridgehead atoms. The monoisotopic (exact) mass is 205 g/mol. The Bertz CT molecular complexity index is 557. The van der Waals surface area contributed by atoms with Crippen LogP contribution in [-0.4, -0.2) is 25.6 Å². The molecule has 0 aromatic carbocycles. The van der Waals surface area contributed by atoms with E-state index in [1.165, 1.54) is 17.1 Å². The number of hydrogen-bond acceptors (Lipinski definition) is 4. The Morgan fingerprint density at radius 3 is 3.20 bits per heavy atom. The van der Waals surface area contributed by atoms with E-state index in [0.29, 0.717) is 17.6 Å². The van der Waals surface area contributed by atoms with Crippen molar-refractivity contribution in [2.24, 2.45) is 5.92 Å². The zero-order chi connectivity index (χ0) is 10.4. The molecule has 0 radical (unpaired) electrons. The van der Waals surface area contributed by atoms with Gasteiger partial charge in [-0.25, -0.2) is 19.3 Å². The quantitative estimate of drug-likeness (QED) is 0.736. The van der Waals surface area contributed by atoms with Gasteiger partial charge in [0.05, 0.1) is 0 Å². The Morgan fingerprint density at radius 1 is 1.67 bits per heavy atom. The molecule has 2 N–H and O–H groups in total. The topological polar surface area (TPSA) is 75.1 Å². The van der Waals surface area contributed by atoms with Crippen molar-refractivity contribution in [1.29, 1.82) is 0 Å². The number of aromatic amines is 1. The van der Waals surface area contributed by atoms with E-state index in [0.717, 1.165) is 5.82 Å². The summed E-state index contributed by atoms with van der Waals surface area (Å²) >= 11 is 0. The summed E-state index contributed by atoms with van der Waals surface area (Å²) in [6, 6.07) is 2.29. The number of nitrogens with zero attached hydrogens (tertiary/aromatic N) is 3. The summed E-state index contributed by atoms with van der Waals surface area (Å²) in [5.74, 6) is 1.49. The predicted octanol–water partition coefficient (Wildman–Crippen LogP) is 0.238. The van der Waals surface area contributed by atoms with Gasteiger partial charge in [0.25, 0.3) is 0 Å². The number of anilines is 1. The molecule has 0 aliphatic heterocycles. The lowest BCUT2D eigenvalue weighted by Gasteiger charge is -2.02. The van der Waals surface area contributed by atoms with Crippen LogP contribution in [0.15, 0.2) is 17.2 Å². The summed E-state index contributed by atoms with van der Waals surface area (Å²) < 4.78 is 1.38. The molecule has 0 spiro atoms. The minimum Gasteiger partial charge on any atom is -0.367 e. The second-order valence-electron chi connectivity index (χ2n) is 3.99. The molecule has 2 aromatic heterocycles. The second kappa shape index (κ2) is 2.82. The molecular weight excluding hydrogens is 194 g/mol. The van der Waals surface area contributed by atoms with Crippen LogP contribution in [0.1, 0.15) is 13.3 Å². The molecule has 3 rings (SSSR count). The summed E-state index contributed by atoms with van der Waals surface area (Å²) in [4.78, 5) is 15.3. The maximum Gasteiger partial charge on any atom is 0.348 e. The van der Waals surface area contributed by atoms with E-state index in [1.54, 1.807) is 6.07 Å². The van der Waals surface area contributed by atoms with Crippen molar-refractivity contribution in [3.05, 3.63) is 22.9 Å². The highest BCUT2D eigenvalue weighted by atomic mass is 16.1. The third-order valence-electron chi connectivity index (χ3n) is 2.75. The van der Waals surface area contributed by atoms with E-state index in [9.17, 15) is 4.79 Å². The first-order valence-electron chi connectivity index (χ1n) is 4.93. The van der Waals surface area contributed by atoms with E-state index < -0.39 is 0 Å². The van der Waals surface area contributed by atoms with Crippen molar-refractivity contribution in [3.8, 4) is 0 Å². The van der Waals surface area contributed by atoms with Crippen LogP contribution in [0.4, 0.5) is 5.82 Å². The molecular formula is C9H11N5O. The average molecular weight is 205 g/mol. The smallest absolute Gasteiger partial charge is 0.348 e. The van der Waals surface area contributed by atoms with E-state index in [1.807, 2.05) is 0 Å². The highest BCUT2D eigenvalue weighted by Crippen LogP contribution is 2.31. The molecule has 1 aliphatic carbocycles. The van der Waals surface area contributed by atoms with Crippen LogP contribution in [0.2, 0.25) is 0 Å². The van der Waals surface area contributed by atoms with Gasteiger partial charge in [-0.05, 0) is 12.3 Å². The lowest BCUT2D eigenvalue weighted by molar-refractivity contribution is 0.918. The van der Waals surface area contributed by atoms with Crippen LogP contribution < -0.4 is 11.0 Å². The summed E-state index contributed by atoms with van der Waals surface area (Å²) in [5.41, 5.74) is 0.328. The van der Waals surface area contributed by atoms with Gasteiger partial charge >= 0.3 is 5.69 Å². The van der Waals surface area contributed by atoms with Gasteiger partial charge in [-0.2, -0.15) is 5.10 Å². The molecule has 78 valence electrons. The molecule has 2 unspecified atom stereocenters. The Labute approximate surface area is 85.3 Å². The number of rotatable bonds is 2. The van der Waals surface area contributed by atoms with E-state index in [-0.39, 0.29) is 5.69 Å². The molecule has 2 heterocycles. The number of nitrogens with one attached hydrogen (secondary N) is 2. The molecule has 6 nitrogen and oxygen atoms in total. The van der Waals surface area contributed by atoms with Crippen LogP contribution >= 0.6 is 0 Å². The molecule has 1 saturated carbocycles. The molecule has 6 heteroatoms. The maximum atomic E-state index is 11.2. The van der Waals surface area contributed by atoms with E-state index >= 15 is 0 Å². The van der Waals surface area contributed by atoms with Gasteiger partial charge in [-0.3, -0.25) is 0 Å². The molecule has 1 fully saturated rings. The van der Waals surface area contributed by atoms with Crippen LogP contribution in [0.5, 0.6) is 0 Å². The first-order valence-corrected chi connectivity index (χ1v) is 4.93. The third-order valence-corrected chi connectivity index (χ3v) is 2.75. The highest BCUT2D eigenvalue weighted by Gasteiger charge is 2.32. The van der Waals surface area contributed by atoms with E-state index in [4.69, 9.17) is 0 Å². The fourth-order valence-corrected chi connectivity index (χ4v) is 1.60. The van der Waals surface area contributed by atoms with Crippen LogP contribution in [-0.2, 0) is 0 Å². The SMILES string of the molecule is CC1CC1Nc1cc2n[nH]c(=O)n2cn1. The Morgan fingerprint density at radius 2 is 2.47 bits per heavy atom. The van der Waals surface area contributed by atoms with Crippen molar-refractivity contribution >= 4 is 11.5 Å². The summed E-state index contributed by atoms with van der Waals surface area (Å²) in [6.45, 7) is 2.19. The summed E-state index contributed by atoms with van der Waals surface area (Å²) in [7, 11) is 0. The zero-order valence-corrected chi connectivity index (χ0v) is 8.27. The van der Waals surface area contributed by atoms with Gasteiger partial charge in [0, 0.05) is 12.1 Å². The zero-order valence-electron chi connectivity index (χ0n) is 8.27. The highest BCUT2D eigenvalue weighted by molar-refractivity contribution is 5.49. The maximum absolute atomic E-state index is 11.2. The van der Waals surface area contributed by atoms with Crippen molar-refractivity contribution in [3.63, 3.8) is 0 Å². The molecule has 2 aromatic rings. The van der Waals surface area contributed by atoms with Crippen molar-refractivity contribution in [2.45, 2.75) is 19.4 Å². The largest absolute Gasteiger partial charge is 0.367 e. The minimum atomic E-state index is -0.260. The van der Waals surface area contributed by atoms with Gasteiger partial charge in [0.2, 0.25) is 0 Å². The average Bonchev–Trinajstić information content (AvgIpc) is 2.77. The molecule has 0 amide bonds. The molecule has 15 heavy (non-hydrogen) atoms. The lowest BCUT2D eigenvalue weighted by Crippen LogP contribution is -2.11. The Balaban J connectivity index is 1.96. The Kier molecular flexibility index (Phi) is 1.59. The second-order valence-corrected chi connectivity index (χ2v) is 3.99. The molecule has 0 saturated heterocycles. The Hall–Kier alpha value is -1.85. The summed E-state index contributed by atoms with van der Waals surface area (Å²) in [6.07, 6.45) is 2.66. The van der Waals surface area contributed by atoms with Crippen LogP contribution in [0, 0.1) is 5.92 Å². The number of hydrogen-bond donors (Lipinski definition) is 2. The van der Waals surface area contributed by atoms with Crippen LogP contribution in [0.3, 0.4) is 0 Å². The van der Waals surface area contributed by atoms with Crippen LogP contribution in [0.25, 0.3) is 5.65 Å². The first kappa shape index (κ1) is 8.46. The van der Waals surface area contributed by atoms with Crippen molar-refractivity contribution < 1.29 is 0 Å². The van der Waals surface area contributed by atoms with Gasteiger partial charge in [0.1, 0.15) is 12.1 Å². The van der Waals surface area contributed by atoms with Gasteiger partial charge in [-0.1, -0.05) is 6.92 Å².